The molecule has 0 saturated carbocycles. The molecule has 1 unspecified atom stereocenters. The Balaban J connectivity index is 2.38. The molecule has 2 aromatic carbocycles. The number of nitro benzene ring substituents is 1. The Hall–Kier alpha value is -2.69. The maximum atomic E-state index is 11.5. The van der Waals surface area contributed by atoms with Crippen LogP contribution in [0.4, 0.5) is 5.69 Å². The van der Waals surface area contributed by atoms with Crippen LogP contribution in [0.3, 0.4) is 0 Å². The van der Waals surface area contributed by atoms with Gasteiger partial charge in [0.2, 0.25) is 0 Å². The quantitative estimate of drug-likeness (QED) is 0.675. The first kappa shape index (κ1) is 14.7. The topological polar surface area (TPSA) is 80.4 Å². The number of carboxylic acids is 1. The molecular weight excluding hydrogens is 270 g/mol. The number of hydrogen-bond donors (Lipinski definition) is 1. The molecule has 0 aliphatic rings. The number of aryl methyl sites for hydroxylation is 1. The average Bonchev–Trinajstić information content (AvgIpc) is 2.44. The third kappa shape index (κ3) is 3.45. The summed E-state index contributed by atoms with van der Waals surface area (Å²) >= 11 is 0. The van der Waals surface area contributed by atoms with Crippen molar-refractivity contribution in [3.8, 4) is 0 Å². The summed E-state index contributed by atoms with van der Waals surface area (Å²) in [6, 6.07) is 13.5. The Bertz CT molecular complexity index is 681. The fraction of sp³-hybridized carbons (Fsp3) is 0.188. The zero-order chi connectivity index (χ0) is 15.4. The number of aliphatic carboxylic acids is 1. The van der Waals surface area contributed by atoms with Gasteiger partial charge in [-0.2, -0.15) is 0 Å². The summed E-state index contributed by atoms with van der Waals surface area (Å²) < 4.78 is 0. The lowest BCUT2D eigenvalue weighted by Crippen LogP contribution is -2.15. The highest BCUT2D eigenvalue weighted by molar-refractivity contribution is 5.77. The van der Waals surface area contributed by atoms with Gasteiger partial charge in [0.05, 0.1) is 10.8 Å². The van der Waals surface area contributed by atoms with Crippen LogP contribution in [0.1, 0.15) is 22.6 Å². The van der Waals surface area contributed by atoms with E-state index in [9.17, 15) is 20.0 Å². The summed E-state index contributed by atoms with van der Waals surface area (Å²) in [7, 11) is 0. The van der Waals surface area contributed by atoms with Crippen molar-refractivity contribution in [2.45, 2.75) is 19.3 Å². The van der Waals surface area contributed by atoms with Crippen LogP contribution in [-0.4, -0.2) is 16.0 Å². The zero-order valence-electron chi connectivity index (χ0n) is 11.5. The van der Waals surface area contributed by atoms with Crippen LogP contribution in [-0.2, 0) is 11.2 Å². The molecule has 0 radical (unpaired) electrons. The fourth-order valence-corrected chi connectivity index (χ4v) is 2.32. The molecule has 0 amide bonds. The van der Waals surface area contributed by atoms with Crippen LogP contribution in [0.2, 0.25) is 0 Å². The van der Waals surface area contributed by atoms with Gasteiger partial charge < -0.3 is 5.11 Å². The fourth-order valence-electron chi connectivity index (χ4n) is 2.32. The van der Waals surface area contributed by atoms with Gasteiger partial charge in [-0.15, -0.1) is 0 Å². The van der Waals surface area contributed by atoms with E-state index >= 15 is 0 Å². The highest BCUT2D eigenvalue weighted by atomic mass is 16.6. The lowest BCUT2D eigenvalue weighted by molar-refractivity contribution is -0.385. The van der Waals surface area contributed by atoms with E-state index in [0.29, 0.717) is 11.1 Å². The van der Waals surface area contributed by atoms with Crippen LogP contribution < -0.4 is 0 Å². The molecule has 0 aromatic heterocycles. The van der Waals surface area contributed by atoms with E-state index in [1.165, 1.54) is 6.07 Å². The Morgan fingerprint density at radius 1 is 1.24 bits per heavy atom. The Kier molecular flexibility index (Phi) is 4.33. The number of carboxylic acid groups (broad SMARTS) is 1. The van der Waals surface area contributed by atoms with E-state index < -0.39 is 16.8 Å². The Labute approximate surface area is 122 Å². The van der Waals surface area contributed by atoms with E-state index in [1.807, 2.05) is 13.0 Å². The van der Waals surface area contributed by atoms with Gasteiger partial charge in [-0.1, -0.05) is 48.0 Å². The summed E-state index contributed by atoms with van der Waals surface area (Å²) in [5.74, 6) is -1.79. The molecule has 0 spiro atoms. The van der Waals surface area contributed by atoms with Crippen LogP contribution in [0.15, 0.2) is 48.5 Å². The molecule has 108 valence electrons. The smallest absolute Gasteiger partial charge is 0.311 e. The number of para-hydroxylation sites is 1. The van der Waals surface area contributed by atoms with Gasteiger partial charge >= 0.3 is 5.97 Å². The van der Waals surface area contributed by atoms with Crippen LogP contribution in [0, 0.1) is 17.0 Å². The second kappa shape index (κ2) is 6.17. The highest BCUT2D eigenvalue weighted by Crippen LogP contribution is 2.27. The first-order valence-electron chi connectivity index (χ1n) is 6.50. The Morgan fingerprint density at radius 2 is 1.95 bits per heavy atom. The van der Waals surface area contributed by atoms with Crippen molar-refractivity contribution in [2.24, 2.45) is 0 Å². The molecule has 0 saturated heterocycles. The molecule has 2 aromatic rings. The van der Waals surface area contributed by atoms with E-state index in [1.54, 1.807) is 36.4 Å². The summed E-state index contributed by atoms with van der Waals surface area (Å²) in [4.78, 5) is 22.1. The molecule has 5 heteroatoms. The predicted octanol–water partition coefficient (Wildman–Crippen LogP) is 3.31. The van der Waals surface area contributed by atoms with Gasteiger partial charge in [0.15, 0.2) is 0 Å². The minimum atomic E-state index is -0.987. The summed E-state index contributed by atoms with van der Waals surface area (Å²) in [5, 5.41) is 20.5. The molecule has 1 atom stereocenters. The number of rotatable bonds is 5. The molecular formula is C16H15NO4. The van der Waals surface area contributed by atoms with Gasteiger partial charge in [-0.3, -0.25) is 14.9 Å². The van der Waals surface area contributed by atoms with Gasteiger partial charge in [-0.25, -0.2) is 0 Å². The first-order chi connectivity index (χ1) is 9.99. The molecule has 0 fully saturated rings. The van der Waals surface area contributed by atoms with Gasteiger partial charge in [0.25, 0.3) is 5.69 Å². The van der Waals surface area contributed by atoms with Gasteiger partial charge in [0.1, 0.15) is 0 Å². The van der Waals surface area contributed by atoms with E-state index in [-0.39, 0.29) is 12.1 Å². The minimum absolute atomic E-state index is 0.0450. The van der Waals surface area contributed by atoms with E-state index in [2.05, 4.69) is 0 Å². The van der Waals surface area contributed by atoms with Crippen molar-refractivity contribution in [1.82, 2.24) is 0 Å². The van der Waals surface area contributed by atoms with Crippen molar-refractivity contribution >= 4 is 11.7 Å². The van der Waals surface area contributed by atoms with Crippen molar-refractivity contribution in [2.75, 3.05) is 0 Å². The highest BCUT2D eigenvalue weighted by Gasteiger charge is 2.24. The van der Waals surface area contributed by atoms with Gasteiger partial charge in [-0.05, 0) is 18.9 Å². The molecule has 21 heavy (non-hydrogen) atoms. The van der Waals surface area contributed by atoms with E-state index in [4.69, 9.17) is 0 Å². The van der Waals surface area contributed by atoms with Crippen molar-refractivity contribution in [1.29, 1.82) is 0 Å². The maximum Gasteiger partial charge on any atom is 0.311 e. The second-order valence-electron chi connectivity index (χ2n) is 4.89. The third-order valence-corrected chi connectivity index (χ3v) is 3.35. The van der Waals surface area contributed by atoms with E-state index in [0.717, 1.165) is 5.56 Å². The SMILES string of the molecule is Cc1cccc(C(Cc2ccccc2[N+](=O)[O-])C(=O)O)c1. The van der Waals surface area contributed by atoms with Crippen molar-refractivity contribution < 1.29 is 14.8 Å². The Morgan fingerprint density at radius 3 is 2.57 bits per heavy atom. The summed E-state index contributed by atoms with van der Waals surface area (Å²) in [6.07, 6.45) is 0.0932. The number of benzene rings is 2. The molecule has 0 aliphatic heterocycles. The summed E-state index contributed by atoms with van der Waals surface area (Å²) in [5.41, 5.74) is 2.00. The normalized spacial score (nSPS) is 11.9. The monoisotopic (exact) mass is 285 g/mol. The maximum absolute atomic E-state index is 11.5. The van der Waals surface area contributed by atoms with Gasteiger partial charge in [0, 0.05) is 11.6 Å². The van der Waals surface area contributed by atoms with Crippen LogP contribution in [0.5, 0.6) is 0 Å². The number of nitro groups is 1. The van der Waals surface area contributed by atoms with Crippen molar-refractivity contribution in [3.05, 3.63) is 75.3 Å². The molecule has 5 nitrogen and oxygen atoms in total. The molecule has 1 N–H and O–H groups in total. The average molecular weight is 285 g/mol. The van der Waals surface area contributed by atoms with Crippen LogP contribution >= 0.6 is 0 Å². The zero-order valence-corrected chi connectivity index (χ0v) is 11.5. The number of nitrogens with zero attached hydrogens (tertiary/aromatic N) is 1. The number of hydrogen-bond acceptors (Lipinski definition) is 3. The lowest BCUT2D eigenvalue weighted by Gasteiger charge is -2.13. The lowest BCUT2D eigenvalue weighted by atomic mass is 9.90. The number of carbonyl (C=O) groups is 1. The minimum Gasteiger partial charge on any atom is -0.481 e. The summed E-state index contributed by atoms with van der Waals surface area (Å²) in [6.45, 7) is 1.88. The van der Waals surface area contributed by atoms with Crippen molar-refractivity contribution in [3.63, 3.8) is 0 Å². The van der Waals surface area contributed by atoms with Crippen LogP contribution in [0.25, 0.3) is 0 Å². The standard InChI is InChI=1S/C16H15NO4/c1-11-5-4-7-12(9-11)14(16(18)19)10-13-6-2-3-8-15(13)17(20)21/h2-9,14H,10H2,1H3,(H,18,19). The molecule has 0 heterocycles. The molecule has 0 aliphatic carbocycles. The first-order valence-corrected chi connectivity index (χ1v) is 6.50. The molecule has 0 bridgehead atoms. The third-order valence-electron chi connectivity index (χ3n) is 3.35. The second-order valence-corrected chi connectivity index (χ2v) is 4.89. The molecule has 2 rings (SSSR count). The largest absolute Gasteiger partial charge is 0.481 e. The predicted molar refractivity (Wildman–Crippen MR) is 78.4 cm³/mol.